The topological polar surface area (TPSA) is 146 Å². The number of benzene rings is 1. The van der Waals surface area contributed by atoms with Gasteiger partial charge in [0.15, 0.2) is 11.5 Å². The van der Waals surface area contributed by atoms with Gasteiger partial charge in [0.05, 0.1) is 22.6 Å². The number of rotatable bonds is 5. The Hall–Kier alpha value is -2.50. The smallest absolute Gasteiger partial charge is 0.360 e. The summed E-state index contributed by atoms with van der Waals surface area (Å²) in [5, 5.41) is 10.7. The molecule has 0 amide bonds. The molecule has 0 saturated carbocycles. The SMILES string of the molecule is COS(=O)(=O)Oc1c(C(C)=O)c(=O)[nH]c2c(Cl)ccc([N+](=O)[O-])c12. The summed E-state index contributed by atoms with van der Waals surface area (Å²) >= 11 is 5.90. The molecule has 0 atom stereocenters. The van der Waals surface area contributed by atoms with E-state index in [1.54, 1.807) is 0 Å². The second-order valence-electron chi connectivity index (χ2n) is 4.45. The molecule has 0 aliphatic rings. The van der Waals surface area contributed by atoms with Crippen molar-refractivity contribution in [1.82, 2.24) is 4.98 Å². The Morgan fingerprint density at radius 1 is 1.38 bits per heavy atom. The fraction of sp³-hybridized carbons (Fsp3) is 0.167. The van der Waals surface area contributed by atoms with Gasteiger partial charge in [-0.05, 0) is 13.0 Å². The number of H-pyrrole nitrogens is 1. The van der Waals surface area contributed by atoms with E-state index >= 15 is 0 Å². The van der Waals surface area contributed by atoms with Gasteiger partial charge in [0.2, 0.25) is 0 Å². The minimum atomic E-state index is -4.66. The molecule has 1 aromatic carbocycles. The number of carbonyl (C=O) groups is 1. The van der Waals surface area contributed by atoms with Gasteiger partial charge in [-0.15, -0.1) is 0 Å². The first-order valence-corrected chi connectivity index (χ1v) is 7.84. The Labute approximate surface area is 139 Å². The Morgan fingerprint density at radius 2 is 2.00 bits per heavy atom. The third-order valence-corrected chi connectivity index (χ3v) is 4.08. The predicted octanol–water partition coefficient (Wildman–Crippen LogP) is 1.56. The van der Waals surface area contributed by atoms with E-state index in [2.05, 4.69) is 13.4 Å². The predicted molar refractivity (Wildman–Crippen MR) is 82.8 cm³/mol. The fourth-order valence-electron chi connectivity index (χ4n) is 2.01. The lowest BCUT2D eigenvalue weighted by molar-refractivity contribution is -0.383. The molecule has 0 aliphatic heterocycles. The number of ketones is 1. The third kappa shape index (κ3) is 3.09. The normalized spacial score (nSPS) is 11.5. The zero-order chi connectivity index (χ0) is 18.2. The highest BCUT2D eigenvalue weighted by Crippen LogP contribution is 2.38. The lowest BCUT2D eigenvalue weighted by atomic mass is 10.1. The summed E-state index contributed by atoms with van der Waals surface area (Å²) < 4.78 is 31.9. The van der Waals surface area contributed by atoms with Gasteiger partial charge in [0.1, 0.15) is 10.9 Å². The number of carbonyl (C=O) groups excluding carboxylic acids is 1. The molecular weight excluding hydrogens is 368 g/mol. The summed E-state index contributed by atoms with van der Waals surface area (Å²) in [6.07, 6.45) is 0. The van der Waals surface area contributed by atoms with E-state index in [0.717, 1.165) is 26.2 Å². The second kappa shape index (κ2) is 6.19. The van der Waals surface area contributed by atoms with Crippen molar-refractivity contribution in [2.45, 2.75) is 6.92 Å². The van der Waals surface area contributed by atoms with Crippen LogP contribution in [0.4, 0.5) is 5.69 Å². The lowest BCUT2D eigenvalue weighted by Crippen LogP contribution is -2.21. The molecule has 24 heavy (non-hydrogen) atoms. The number of halogens is 1. The summed E-state index contributed by atoms with van der Waals surface area (Å²) in [5.74, 6) is -1.69. The van der Waals surface area contributed by atoms with E-state index < -0.39 is 49.1 Å². The van der Waals surface area contributed by atoms with Gasteiger partial charge in [-0.3, -0.25) is 19.7 Å². The quantitative estimate of drug-likeness (QED) is 0.470. The number of nitro benzene ring substituents is 1. The first-order chi connectivity index (χ1) is 11.1. The molecular formula is C12H9ClN2O8S. The number of pyridine rings is 1. The standard InChI is InChI=1S/C12H9ClN2O8S/c1-5(16)8-11(23-24(20,21)22-2)9-7(15(18)19)4-3-6(13)10(9)14-12(8)17/h3-4H,1-2H3,(H,14,17). The van der Waals surface area contributed by atoms with Crippen LogP contribution < -0.4 is 9.74 Å². The number of hydrogen-bond acceptors (Lipinski definition) is 8. The Morgan fingerprint density at radius 3 is 2.50 bits per heavy atom. The van der Waals surface area contributed by atoms with Gasteiger partial charge < -0.3 is 9.17 Å². The second-order valence-corrected chi connectivity index (χ2v) is 6.17. The third-order valence-electron chi connectivity index (χ3n) is 2.99. The molecule has 1 N–H and O–H groups in total. The highest BCUT2D eigenvalue weighted by Gasteiger charge is 2.29. The lowest BCUT2D eigenvalue weighted by Gasteiger charge is -2.12. The summed E-state index contributed by atoms with van der Waals surface area (Å²) in [4.78, 5) is 36.4. The highest BCUT2D eigenvalue weighted by molar-refractivity contribution is 7.82. The summed E-state index contributed by atoms with van der Waals surface area (Å²) in [5.41, 5.74) is -2.59. The Kier molecular flexibility index (Phi) is 4.60. The number of Topliss-reactive ketones (excluding diaryl/α,β-unsaturated/α-hetero) is 1. The summed E-state index contributed by atoms with van der Waals surface area (Å²) in [6.45, 7) is 0.971. The first kappa shape index (κ1) is 17.8. The van der Waals surface area contributed by atoms with Crippen LogP contribution in [0.5, 0.6) is 5.75 Å². The van der Waals surface area contributed by atoms with E-state index in [1.807, 2.05) is 0 Å². The molecule has 0 radical (unpaired) electrons. The van der Waals surface area contributed by atoms with Crippen LogP contribution in [0.1, 0.15) is 17.3 Å². The van der Waals surface area contributed by atoms with Crippen LogP contribution >= 0.6 is 11.6 Å². The van der Waals surface area contributed by atoms with Gasteiger partial charge in [0, 0.05) is 6.07 Å². The van der Waals surface area contributed by atoms with Crippen molar-refractivity contribution < 1.29 is 26.5 Å². The van der Waals surface area contributed by atoms with Gasteiger partial charge >= 0.3 is 10.4 Å². The molecule has 1 heterocycles. The van der Waals surface area contributed by atoms with Gasteiger partial charge in [0.25, 0.3) is 11.2 Å². The minimum absolute atomic E-state index is 0.109. The number of non-ortho nitro benzene ring substituents is 1. The molecule has 12 heteroatoms. The molecule has 2 aromatic rings. The van der Waals surface area contributed by atoms with Crippen LogP contribution in [0.25, 0.3) is 10.9 Å². The van der Waals surface area contributed by atoms with Gasteiger partial charge in [-0.1, -0.05) is 11.6 Å². The molecule has 0 fully saturated rings. The van der Waals surface area contributed by atoms with Crippen molar-refractivity contribution in [3.8, 4) is 5.75 Å². The van der Waals surface area contributed by atoms with Crippen LogP contribution in [0.3, 0.4) is 0 Å². The molecule has 2 rings (SSSR count). The average Bonchev–Trinajstić information content (AvgIpc) is 2.47. The molecule has 0 unspecified atom stereocenters. The van der Waals surface area contributed by atoms with Crippen molar-refractivity contribution >= 4 is 44.4 Å². The van der Waals surface area contributed by atoms with Crippen molar-refractivity contribution in [2.75, 3.05) is 7.11 Å². The summed E-state index contributed by atoms with van der Waals surface area (Å²) in [7, 11) is -3.89. The molecule has 10 nitrogen and oxygen atoms in total. The van der Waals surface area contributed by atoms with Crippen LogP contribution in [0.2, 0.25) is 5.02 Å². The largest absolute Gasteiger partial charge is 0.448 e. The molecule has 0 spiro atoms. The zero-order valence-electron chi connectivity index (χ0n) is 12.2. The van der Waals surface area contributed by atoms with E-state index in [9.17, 15) is 28.1 Å². The van der Waals surface area contributed by atoms with Crippen LogP contribution in [-0.4, -0.2) is 31.2 Å². The number of aromatic nitrogens is 1. The monoisotopic (exact) mass is 376 g/mol. The fourth-order valence-corrected chi connectivity index (χ4v) is 2.66. The van der Waals surface area contributed by atoms with E-state index in [1.165, 1.54) is 0 Å². The maximum absolute atomic E-state index is 12.1. The average molecular weight is 377 g/mol. The molecule has 0 bridgehead atoms. The Bertz CT molecular complexity index is 1030. The van der Waals surface area contributed by atoms with Gasteiger partial charge in [-0.25, -0.2) is 4.18 Å². The zero-order valence-corrected chi connectivity index (χ0v) is 13.7. The first-order valence-electron chi connectivity index (χ1n) is 6.13. The van der Waals surface area contributed by atoms with Gasteiger partial charge in [-0.2, -0.15) is 8.42 Å². The van der Waals surface area contributed by atoms with Crippen molar-refractivity contribution in [3.05, 3.63) is 43.2 Å². The maximum atomic E-state index is 12.1. The van der Waals surface area contributed by atoms with E-state index in [-0.39, 0.29) is 10.5 Å². The molecule has 0 aliphatic carbocycles. The number of nitrogens with zero attached hydrogens (tertiary/aromatic N) is 1. The molecule has 128 valence electrons. The Balaban J connectivity index is 3.10. The van der Waals surface area contributed by atoms with Crippen LogP contribution in [-0.2, 0) is 14.6 Å². The minimum Gasteiger partial charge on any atom is -0.360 e. The van der Waals surface area contributed by atoms with Crippen molar-refractivity contribution in [3.63, 3.8) is 0 Å². The number of nitrogens with one attached hydrogen (secondary N) is 1. The summed E-state index contributed by atoms with van der Waals surface area (Å²) in [6, 6.07) is 2.12. The van der Waals surface area contributed by atoms with Crippen LogP contribution in [0.15, 0.2) is 16.9 Å². The van der Waals surface area contributed by atoms with Crippen molar-refractivity contribution in [2.24, 2.45) is 0 Å². The highest BCUT2D eigenvalue weighted by atomic mass is 35.5. The van der Waals surface area contributed by atoms with E-state index in [4.69, 9.17) is 11.6 Å². The molecule has 0 saturated heterocycles. The number of nitro groups is 1. The van der Waals surface area contributed by atoms with Crippen molar-refractivity contribution in [1.29, 1.82) is 0 Å². The number of fused-ring (bicyclic) bond motifs is 1. The number of hydrogen-bond donors (Lipinski definition) is 1. The maximum Gasteiger partial charge on any atom is 0.448 e. The number of aromatic amines is 1. The van der Waals surface area contributed by atoms with Crippen LogP contribution in [0, 0.1) is 10.1 Å². The molecule has 1 aromatic heterocycles. The van der Waals surface area contributed by atoms with E-state index in [0.29, 0.717) is 0 Å².